The zero-order valence-corrected chi connectivity index (χ0v) is 9.23. The summed E-state index contributed by atoms with van der Waals surface area (Å²) in [6, 6.07) is 4.05. The molecule has 86 valence electrons. The minimum absolute atomic E-state index is 0.0581. The fraction of sp³-hybridized carbons (Fsp3) is 0.417. The summed E-state index contributed by atoms with van der Waals surface area (Å²) in [5.41, 5.74) is 4.01. The Bertz CT molecular complexity index is 351. The smallest absolute Gasteiger partial charge is 0.111 e. The van der Waals surface area contributed by atoms with Gasteiger partial charge >= 0.3 is 0 Å². The normalized spacial score (nSPS) is 17.4. The van der Waals surface area contributed by atoms with Gasteiger partial charge < -0.3 is 4.74 Å². The van der Waals surface area contributed by atoms with Gasteiger partial charge in [0.1, 0.15) is 5.76 Å². The number of nitrogens with one attached hydrogen (secondary N) is 1. The molecule has 0 saturated heterocycles. The van der Waals surface area contributed by atoms with Crippen molar-refractivity contribution in [2.45, 2.75) is 25.3 Å². The maximum absolute atomic E-state index is 5.61. The third-order valence-electron chi connectivity index (χ3n) is 2.70. The molecule has 0 aliphatic carbocycles. The highest BCUT2D eigenvalue weighted by Gasteiger charge is 2.16. The molecule has 3 N–H and O–H groups in total. The Morgan fingerprint density at radius 1 is 1.44 bits per heavy atom. The first-order valence-corrected chi connectivity index (χ1v) is 5.58. The third kappa shape index (κ3) is 2.81. The Kier molecular flexibility index (Phi) is 3.91. The number of allylic oxidation sites excluding steroid dienone is 1. The SMILES string of the molecule is NNC(Cc1ccncc1)C1=CCCCO1. The first-order chi connectivity index (χ1) is 7.90. The molecule has 0 saturated carbocycles. The highest BCUT2D eigenvalue weighted by atomic mass is 16.5. The highest BCUT2D eigenvalue weighted by molar-refractivity contribution is 5.16. The lowest BCUT2D eigenvalue weighted by Crippen LogP contribution is -2.39. The molecule has 0 spiro atoms. The second kappa shape index (κ2) is 5.63. The van der Waals surface area contributed by atoms with Gasteiger partial charge in [-0.15, -0.1) is 0 Å². The average molecular weight is 219 g/mol. The summed E-state index contributed by atoms with van der Waals surface area (Å²) < 4.78 is 5.61. The Morgan fingerprint density at radius 2 is 2.25 bits per heavy atom. The number of hydrazine groups is 1. The van der Waals surface area contributed by atoms with Crippen LogP contribution >= 0.6 is 0 Å². The molecular formula is C12H17N3O. The molecule has 4 nitrogen and oxygen atoms in total. The molecule has 2 rings (SSSR count). The van der Waals surface area contributed by atoms with Crippen LogP contribution in [-0.2, 0) is 11.2 Å². The van der Waals surface area contributed by atoms with Crippen molar-refractivity contribution in [3.8, 4) is 0 Å². The van der Waals surface area contributed by atoms with E-state index < -0.39 is 0 Å². The van der Waals surface area contributed by atoms with Crippen LogP contribution in [0.2, 0.25) is 0 Å². The van der Waals surface area contributed by atoms with E-state index >= 15 is 0 Å². The van der Waals surface area contributed by atoms with Gasteiger partial charge in [-0.25, -0.2) is 5.43 Å². The van der Waals surface area contributed by atoms with Crippen LogP contribution in [0.1, 0.15) is 18.4 Å². The molecule has 16 heavy (non-hydrogen) atoms. The quantitative estimate of drug-likeness (QED) is 0.589. The predicted molar refractivity (Wildman–Crippen MR) is 62.3 cm³/mol. The Hall–Kier alpha value is -1.39. The van der Waals surface area contributed by atoms with E-state index in [-0.39, 0.29) is 6.04 Å². The number of aromatic nitrogens is 1. The third-order valence-corrected chi connectivity index (χ3v) is 2.70. The number of hydrogen-bond acceptors (Lipinski definition) is 4. The second-order valence-corrected chi connectivity index (χ2v) is 3.88. The van der Waals surface area contributed by atoms with E-state index in [9.17, 15) is 0 Å². The van der Waals surface area contributed by atoms with Crippen molar-refractivity contribution in [2.75, 3.05) is 6.61 Å². The summed E-state index contributed by atoms with van der Waals surface area (Å²) in [5, 5.41) is 0. The first-order valence-electron chi connectivity index (χ1n) is 5.58. The van der Waals surface area contributed by atoms with Gasteiger partial charge in [-0.05, 0) is 43.0 Å². The molecule has 0 radical (unpaired) electrons. The zero-order chi connectivity index (χ0) is 11.2. The van der Waals surface area contributed by atoms with Crippen molar-refractivity contribution in [3.63, 3.8) is 0 Å². The zero-order valence-electron chi connectivity index (χ0n) is 9.23. The van der Waals surface area contributed by atoms with Crippen LogP contribution in [0.5, 0.6) is 0 Å². The monoisotopic (exact) mass is 219 g/mol. The van der Waals surface area contributed by atoms with E-state index in [0.29, 0.717) is 0 Å². The topological polar surface area (TPSA) is 60.2 Å². The summed E-state index contributed by atoms with van der Waals surface area (Å²) in [6.45, 7) is 0.792. The van der Waals surface area contributed by atoms with E-state index in [2.05, 4.69) is 16.5 Å². The van der Waals surface area contributed by atoms with Gasteiger partial charge in [-0.3, -0.25) is 10.8 Å². The highest BCUT2D eigenvalue weighted by Crippen LogP contribution is 2.16. The number of hydrogen-bond donors (Lipinski definition) is 2. The van der Waals surface area contributed by atoms with Gasteiger partial charge in [0.25, 0.3) is 0 Å². The lowest BCUT2D eigenvalue weighted by molar-refractivity contribution is 0.167. The lowest BCUT2D eigenvalue weighted by Gasteiger charge is -2.23. The summed E-state index contributed by atoms with van der Waals surface area (Å²) in [6.07, 6.45) is 8.69. The van der Waals surface area contributed by atoms with Crippen LogP contribution in [0.25, 0.3) is 0 Å². The number of pyridine rings is 1. The van der Waals surface area contributed by atoms with Crippen molar-refractivity contribution in [2.24, 2.45) is 5.84 Å². The van der Waals surface area contributed by atoms with Crippen molar-refractivity contribution in [1.82, 2.24) is 10.4 Å². The van der Waals surface area contributed by atoms with Crippen molar-refractivity contribution >= 4 is 0 Å². The van der Waals surface area contributed by atoms with Gasteiger partial charge in [0.2, 0.25) is 0 Å². The molecule has 0 amide bonds. The largest absolute Gasteiger partial charge is 0.497 e. The van der Waals surface area contributed by atoms with Crippen molar-refractivity contribution < 1.29 is 4.74 Å². The van der Waals surface area contributed by atoms with E-state index in [1.807, 2.05) is 12.1 Å². The Morgan fingerprint density at radius 3 is 2.88 bits per heavy atom. The number of nitrogens with two attached hydrogens (primary N) is 1. The maximum Gasteiger partial charge on any atom is 0.111 e. The molecule has 1 aliphatic rings. The lowest BCUT2D eigenvalue weighted by atomic mass is 10.0. The van der Waals surface area contributed by atoms with Gasteiger partial charge in [0.15, 0.2) is 0 Å². The van der Waals surface area contributed by atoms with Gasteiger partial charge in [0, 0.05) is 12.4 Å². The Labute approximate surface area is 95.5 Å². The van der Waals surface area contributed by atoms with Gasteiger partial charge in [-0.2, -0.15) is 0 Å². The summed E-state index contributed by atoms with van der Waals surface area (Å²) in [4.78, 5) is 3.99. The van der Waals surface area contributed by atoms with Crippen LogP contribution in [0.3, 0.4) is 0 Å². The fourth-order valence-corrected chi connectivity index (χ4v) is 1.82. The van der Waals surface area contributed by atoms with Gasteiger partial charge in [0.05, 0.1) is 12.6 Å². The van der Waals surface area contributed by atoms with Crippen LogP contribution in [-0.4, -0.2) is 17.6 Å². The second-order valence-electron chi connectivity index (χ2n) is 3.88. The van der Waals surface area contributed by atoms with Crippen molar-refractivity contribution in [3.05, 3.63) is 41.9 Å². The molecule has 0 aromatic carbocycles. The van der Waals surface area contributed by atoms with Crippen LogP contribution in [0.15, 0.2) is 36.4 Å². The van der Waals surface area contributed by atoms with E-state index in [0.717, 1.165) is 31.6 Å². The minimum Gasteiger partial charge on any atom is -0.497 e. The van der Waals surface area contributed by atoms with E-state index in [1.165, 1.54) is 5.56 Å². The molecule has 1 aromatic heterocycles. The minimum atomic E-state index is 0.0581. The molecule has 2 heterocycles. The summed E-state index contributed by atoms with van der Waals surface area (Å²) in [5.74, 6) is 6.53. The average Bonchev–Trinajstić information content (AvgIpc) is 2.38. The van der Waals surface area contributed by atoms with Crippen LogP contribution in [0.4, 0.5) is 0 Å². The Balaban J connectivity index is 2.03. The van der Waals surface area contributed by atoms with E-state index in [1.54, 1.807) is 12.4 Å². The number of rotatable bonds is 4. The first kappa shape index (κ1) is 11.1. The molecular weight excluding hydrogens is 202 g/mol. The molecule has 1 atom stereocenters. The molecule has 4 heteroatoms. The van der Waals surface area contributed by atoms with Crippen LogP contribution in [0, 0.1) is 0 Å². The number of ether oxygens (including phenoxy) is 1. The number of nitrogens with zero attached hydrogens (tertiary/aromatic N) is 1. The molecule has 1 aliphatic heterocycles. The van der Waals surface area contributed by atoms with Crippen LogP contribution < -0.4 is 11.3 Å². The van der Waals surface area contributed by atoms with Crippen molar-refractivity contribution in [1.29, 1.82) is 0 Å². The standard InChI is InChI=1S/C12H17N3O/c13-15-11(12-3-1-2-8-16-12)9-10-4-6-14-7-5-10/h3-7,11,15H,1-2,8-9,13H2. The predicted octanol–water partition coefficient (Wildman–Crippen LogP) is 1.15. The summed E-state index contributed by atoms with van der Waals surface area (Å²) >= 11 is 0. The fourth-order valence-electron chi connectivity index (χ4n) is 1.82. The van der Waals surface area contributed by atoms with Gasteiger partial charge in [-0.1, -0.05) is 0 Å². The maximum atomic E-state index is 5.61. The molecule has 0 bridgehead atoms. The molecule has 1 unspecified atom stereocenters. The molecule has 1 aromatic rings. The van der Waals surface area contributed by atoms with E-state index in [4.69, 9.17) is 10.6 Å². The molecule has 0 fully saturated rings. The summed E-state index contributed by atoms with van der Waals surface area (Å²) in [7, 11) is 0.